The lowest BCUT2D eigenvalue weighted by Gasteiger charge is -2.19. The third-order valence-corrected chi connectivity index (χ3v) is 4.62. The Kier molecular flexibility index (Phi) is 12.2. The third kappa shape index (κ3) is 8.40. The molecule has 1 aliphatic heterocycles. The number of rotatable bonds is 10. The molecule has 1 aromatic carbocycles. The largest absolute Gasteiger partial charge is 0.497 e. The number of nitrogens with zero attached hydrogens (tertiary/aromatic N) is 2. The number of halogens is 1. The molecule has 1 aromatic rings. The maximum Gasteiger partial charge on any atom is 0.191 e. The van der Waals surface area contributed by atoms with Crippen LogP contribution in [0.3, 0.4) is 0 Å². The lowest BCUT2D eigenvalue weighted by molar-refractivity contribution is 0.145. The van der Waals surface area contributed by atoms with E-state index in [0.717, 1.165) is 69.7 Å². The average molecular weight is 506 g/mol. The van der Waals surface area contributed by atoms with E-state index in [2.05, 4.69) is 32.7 Å². The molecule has 0 saturated carbocycles. The van der Waals surface area contributed by atoms with Gasteiger partial charge in [0.25, 0.3) is 0 Å². The molecule has 0 bridgehead atoms. The van der Waals surface area contributed by atoms with Crippen molar-refractivity contribution in [2.24, 2.45) is 4.99 Å². The summed E-state index contributed by atoms with van der Waals surface area (Å²) in [7, 11) is 5.18. The van der Waals surface area contributed by atoms with Gasteiger partial charge in [0, 0.05) is 58.5 Å². The van der Waals surface area contributed by atoms with Gasteiger partial charge in [0.1, 0.15) is 11.5 Å². The number of guanidine groups is 1. The Hall–Kier alpha value is -1.26. The fourth-order valence-electron chi connectivity index (χ4n) is 3.22. The first kappa shape index (κ1) is 24.8. The smallest absolute Gasteiger partial charge is 0.191 e. The minimum atomic E-state index is 0. The summed E-state index contributed by atoms with van der Waals surface area (Å²) < 4.78 is 16.1. The van der Waals surface area contributed by atoms with Crippen molar-refractivity contribution >= 4 is 29.9 Å². The Morgan fingerprint density at radius 2 is 1.93 bits per heavy atom. The summed E-state index contributed by atoms with van der Waals surface area (Å²) in [4.78, 5) is 6.76. The first-order chi connectivity index (χ1) is 13.2. The molecule has 0 radical (unpaired) electrons. The predicted octanol–water partition coefficient (Wildman–Crippen LogP) is 2.49. The Morgan fingerprint density at radius 1 is 1.21 bits per heavy atom. The van der Waals surface area contributed by atoms with Crippen molar-refractivity contribution in [2.75, 3.05) is 54.1 Å². The highest BCUT2D eigenvalue weighted by Gasteiger charge is 2.23. The zero-order valence-corrected chi connectivity index (χ0v) is 19.8. The van der Waals surface area contributed by atoms with Crippen LogP contribution in [-0.4, -0.2) is 71.0 Å². The summed E-state index contributed by atoms with van der Waals surface area (Å²) in [6, 6.07) is 6.44. The van der Waals surface area contributed by atoms with Crippen LogP contribution in [0.1, 0.15) is 25.3 Å². The predicted molar refractivity (Wildman–Crippen MR) is 124 cm³/mol. The van der Waals surface area contributed by atoms with E-state index < -0.39 is 0 Å². The summed E-state index contributed by atoms with van der Waals surface area (Å²) in [5.41, 5.74) is 1.20. The van der Waals surface area contributed by atoms with Gasteiger partial charge < -0.3 is 24.8 Å². The van der Waals surface area contributed by atoms with Crippen LogP contribution in [0.15, 0.2) is 23.2 Å². The van der Waals surface area contributed by atoms with Crippen LogP contribution < -0.4 is 20.1 Å². The maximum atomic E-state index is 5.37. The fourth-order valence-corrected chi connectivity index (χ4v) is 3.22. The summed E-state index contributed by atoms with van der Waals surface area (Å²) in [5, 5.41) is 6.88. The van der Waals surface area contributed by atoms with E-state index in [1.165, 1.54) is 5.56 Å². The van der Waals surface area contributed by atoms with Crippen LogP contribution in [0.4, 0.5) is 0 Å². The van der Waals surface area contributed by atoms with E-state index in [1.54, 1.807) is 14.2 Å². The lowest BCUT2D eigenvalue weighted by atomic mass is 10.2. The van der Waals surface area contributed by atoms with Crippen molar-refractivity contribution in [3.8, 4) is 11.5 Å². The fraction of sp³-hybridized carbons (Fsp3) is 0.650. The molecule has 1 saturated heterocycles. The molecule has 1 fully saturated rings. The van der Waals surface area contributed by atoms with Gasteiger partial charge in [-0.15, -0.1) is 24.0 Å². The molecule has 7 nitrogen and oxygen atoms in total. The minimum Gasteiger partial charge on any atom is -0.497 e. The van der Waals surface area contributed by atoms with Crippen LogP contribution in [0.2, 0.25) is 0 Å². The molecule has 2 N–H and O–H groups in total. The molecule has 0 spiro atoms. The Bertz CT molecular complexity index is 579. The Morgan fingerprint density at radius 3 is 2.54 bits per heavy atom. The molecule has 28 heavy (non-hydrogen) atoms. The number of hydrogen-bond acceptors (Lipinski definition) is 5. The lowest BCUT2D eigenvalue weighted by Crippen LogP contribution is -2.44. The molecule has 1 atom stereocenters. The van der Waals surface area contributed by atoms with E-state index in [-0.39, 0.29) is 24.0 Å². The van der Waals surface area contributed by atoms with Crippen LogP contribution in [0.5, 0.6) is 11.5 Å². The van der Waals surface area contributed by atoms with E-state index in [0.29, 0.717) is 6.04 Å². The van der Waals surface area contributed by atoms with Gasteiger partial charge in [-0.25, -0.2) is 0 Å². The molecule has 0 amide bonds. The van der Waals surface area contributed by atoms with Gasteiger partial charge in [-0.3, -0.25) is 9.89 Å². The van der Waals surface area contributed by atoms with Gasteiger partial charge in [0.2, 0.25) is 0 Å². The number of nitrogens with one attached hydrogen (secondary N) is 2. The van der Waals surface area contributed by atoms with E-state index in [1.807, 2.05) is 20.0 Å². The Balaban J connectivity index is 0.00000392. The SMILES string of the molecule is CCOCCCNC(=NC)NC1CCN(Cc2cc(OC)cc(OC)c2)C1.I. The number of aliphatic imine (C=N–C) groups is 1. The maximum absolute atomic E-state index is 5.37. The number of ether oxygens (including phenoxy) is 3. The van der Waals surface area contributed by atoms with Crippen molar-refractivity contribution < 1.29 is 14.2 Å². The summed E-state index contributed by atoms with van der Waals surface area (Å²) in [6.45, 7) is 7.34. The average Bonchev–Trinajstić information content (AvgIpc) is 3.13. The van der Waals surface area contributed by atoms with Gasteiger partial charge in [0.05, 0.1) is 14.2 Å². The first-order valence-electron chi connectivity index (χ1n) is 9.67. The van der Waals surface area contributed by atoms with Gasteiger partial charge in [-0.05, 0) is 37.5 Å². The van der Waals surface area contributed by atoms with Crippen LogP contribution in [0, 0.1) is 0 Å². The molecule has 1 unspecified atom stereocenters. The second kappa shape index (κ2) is 13.8. The van der Waals surface area contributed by atoms with Crippen LogP contribution >= 0.6 is 24.0 Å². The number of benzene rings is 1. The topological polar surface area (TPSA) is 67.4 Å². The second-order valence-electron chi connectivity index (χ2n) is 6.64. The third-order valence-electron chi connectivity index (χ3n) is 4.62. The number of likely N-dealkylation sites (tertiary alicyclic amines) is 1. The zero-order chi connectivity index (χ0) is 19.5. The van der Waals surface area contributed by atoms with Crippen molar-refractivity contribution in [1.29, 1.82) is 0 Å². The van der Waals surface area contributed by atoms with Gasteiger partial charge in [-0.2, -0.15) is 0 Å². The summed E-state index contributed by atoms with van der Waals surface area (Å²) in [6.07, 6.45) is 2.07. The second-order valence-corrected chi connectivity index (χ2v) is 6.64. The van der Waals surface area contributed by atoms with E-state index in [4.69, 9.17) is 14.2 Å². The minimum absolute atomic E-state index is 0. The van der Waals surface area contributed by atoms with Crippen molar-refractivity contribution in [2.45, 2.75) is 32.4 Å². The molecule has 8 heteroatoms. The zero-order valence-electron chi connectivity index (χ0n) is 17.5. The van der Waals surface area contributed by atoms with E-state index in [9.17, 15) is 0 Å². The molecule has 0 aromatic heterocycles. The van der Waals surface area contributed by atoms with Crippen molar-refractivity contribution in [3.63, 3.8) is 0 Å². The van der Waals surface area contributed by atoms with Gasteiger partial charge in [0.15, 0.2) is 5.96 Å². The summed E-state index contributed by atoms with van der Waals surface area (Å²) in [5.74, 6) is 2.52. The van der Waals surface area contributed by atoms with Crippen LogP contribution in [-0.2, 0) is 11.3 Å². The highest BCUT2D eigenvalue weighted by atomic mass is 127. The van der Waals surface area contributed by atoms with E-state index >= 15 is 0 Å². The highest BCUT2D eigenvalue weighted by Crippen LogP contribution is 2.24. The molecule has 160 valence electrons. The normalized spacial score (nSPS) is 17.1. The molecular weight excluding hydrogens is 471 g/mol. The monoisotopic (exact) mass is 506 g/mol. The quantitative estimate of drug-likeness (QED) is 0.220. The molecule has 1 heterocycles. The van der Waals surface area contributed by atoms with Crippen molar-refractivity contribution in [3.05, 3.63) is 23.8 Å². The number of methoxy groups -OCH3 is 2. The molecule has 2 rings (SSSR count). The van der Waals surface area contributed by atoms with Crippen molar-refractivity contribution in [1.82, 2.24) is 15.5 Å². The van der Waals surface area contributed by atoms with Gasteiger partial charge in [-0.1, -0.05) is 0 Å². The molecule has 1 aliphatic rings. The molecule has 0 aliphatic carbocycles. The van der Waals surface area contributed by atoms with Crippen LogP contribution in [0.25, 0.3) is 0 Å². The number of hydrogen-bond donors (Lipinski definition) is 2. The Labute approximate surface area is 186 Å². The van der Waals surface area contributed by atoms with Gasteiger partial charge >= 0.3 is 0 Å². The molecular formula is C20H35IN4O3. The summed E-state index contributed by atoms with van der Waals surface area (Å²) >= 11 is 0. The highest BCUT2D eigenvalue weighted by molar-refractivity contribution is 14.0. The standard InChI is InChI=1S/C20H34N4O3.HI/c1-5-27-10-6-8-22-20(21-2)23-17-7-9-24(15-17)14-16-11-18(25-3)13-19(12-16)26-4;/h11-13,17H,5-10,14-15H2,1-4H3,(H2,21,22,23);1H. The first-order valence-corrected chi connectivity index (χ1v) is 9.67.